The van der Waals surface area contributed by atoms with Crippen LogP contribution in [0.3, 0.4) is 0 Å². The number of halogens is 3. The Bertz CT molecular complexity index is 1180. The van der Waals surface area contributed by atoms with E-state index in [2.05, 4.69) is 5.32 Å². The molecule has 3 aromatic rings. The van der Waals surface area contributed by atoms with Crippen LogP contribution in [0.1, 0.15) is 49.8 Å². The van der Waals surface area contributed by atoms with Crippen molar-refractivity contribution in [3.05, 3.63) is 108 Å². The summed E-state index contributed by atoms with van der Waals surface area (Å²) in [4.78, 5) is 14.7. The van der Waals surface area contributed by atoms with Crippen molar-refractivity contribution in [3.63, 3.8) is 0 Å². The van der Waals surface area contributed by atoms with Crippen LogP contribution in [0, 0.1) is 5.92 Å². The standard InChI is InChI=1S/C31H35F3N2O3/c1-22(2)21-27(29(38,23-13-6-3-7-14-23)24-15-8-4-9-16-24)35-28(37)26-19-12-20-36(26)30(39,31(32,33)34)25-17-10-5-11-18-25/h3-11,13-18,22,26-27,38-39H,12,19-21H2,1-2H3,(H,35,37)/t26-,27-,30-/m0/s1. The van der Waals surface area contributed by atoms with Gasteiger partial charge in [-0.25, -0.2) is 0 Å². The fourth-order valence-electron chi connectivity index (χ4n) is 5.62. The van der Waals surface area contributed by atoms with Gasteiger partial charge in [-0.3, -0.25) is 9.69 Å². The average molecular weight is 541 g/mol. The van der Waals surface area contributed by atoms with Gasteiger partial charge in [-0.2, -0.15) is 13.2 Å². The van der Waals surface area contributed by atoms with E-state index in [9.17, 15) is 28.2 Å². The van der Waals surface area contributed by atoms with E-state index in [0.717, 1.165) is 4.90 Å². The zero-order chi connectivity index (χ0) is 28.3. The first kappa shape index (κ1) is 28.8. The van der Waals surface area contributed by atoms with Gasteiger partial charge in [0.05, 0.1) is 12.1 Å². The Hall–Kier alpha value is -3.20. The normalized spacial score (nSPS) is 19.0. The first-order chi connectivity index (χ1) is 18.5. The maximum Gasteiger partial charge on any atom is 0.435 e. The Morgan fingerprint density at radius 1 is 0.872 bits per heavy atom. The number of likely N-dealkylation sites (tertiary alicyclic amines) is 1. The molecule has 0 saturated carbocycles. The summed E-state index contributed by atoms with van der Waals surface area (Å²) in [6.07, 6.45) is -4.25. The summed E-state index contributed by atoms with van der Waals surface area (Å²) in [5, 5.41) is 26.5. The molecule has 1 fully saturated rings. The Morgan fingerprint density at radius 2 is 1.33 bits per heavy atom. The van der Waals surface area contributed by atoms with Gasteiger partial charge >= 0.3 is 6.18 Å². The van der Waals surface area contributed by atoms with Crippen molar-refractivity contribution < 1.29 is 28.2 Å². The van der Waals surface area contributed by atoms with E-state index >= 15 is 0 Å². The van der Waals surface area contributed by atoms with Gasteiger partial charge in [0.2, 0.25) is 11.6 Å². The van der Waals surface area contributed by atoms with Crippen molar-refractivity contribution in [3.8, 4) is 0 Å². The number of carbonyl (C=O) groups is 1. The first-order valence-corrected chi connectivity index (χ1v) is 13.2. The Morgan fingerprint density at radius 3 is 1.77 bits per heavy atom. The van der Waals surface area contributed by atoms with Gasteiger partial charge in [0.25, 0.3) is 0 Å². The second-order valence-electron chi connectivity index (χ2n) is 10.6. The van der Waals surface area contributed by atoms with Crippen molar-refractivity contribution in [2.45, 2.75) is 62.7 Å². The highest BCUT2D eigenvalue weighted by atomic mass is 19.4. The van der Waals surface area contributed by atoms with Crippen molar-refractivity contribution in [1.82, 2.24) is 10.2 Å². The average Bonchev–Trinajstić information content (AvgIpc) is 3.43. The van der Waals surface area contributed by atoms with Gasteiger partial charge in [-0.1, -0.05) is 105 Å². The van der Waals surface area contributed by atoms with E-state index in [1.165, 1.54) is 24.3 Å². The molecule has 3 N–H and O–H groups in total. The number of nitrogens with one attached hydrogen (secondary N) is 1. The van der Waals surface area contributed by atoms with E-state index in [1.807, 2.05) is 26.0 Å². The summed E-state index contributed by atoms with van der Waals surface area (Å²) in [5.41, 5.74) is -4.22. The number of amides is 1. The van der Waals surface area contributed by atoms with Gasteiger partial charge in [0.1, 0.15) is 5.60 Å². The number of hydrogen-bond donors (Lipinski definition) is 3. The van der Waals surface area contributed by atoms with Gasteiger partial charge in [0, 0.05) is 12.1 Å². The molecule has 0 bridgehead atoms. The minimum absolute atomic E-state index is 0.0466. The molecule has 0 radical (unpaired) electrons. The quantitative estimate of drug-likeness (QED) is 0.343. The molecule has 208 valence electrons. The van der Waals surface area contributed by atoms with Crippen LogP contribution in [0.4, 0.5) is 13.2 Å². The Kier molecular flexibility index (Phi) is 8.49. The maximum atomic E-state index is 14.5. The van der Waals surface area contributed by atoms with Gasteiger partial charge in [-0.05, 0) is 36.3 Å². The monoisotopic (exact) mass is 540 g/mol. The smallest absolute Gasteiger partial charge is 0.378 e. The summed E-state index contributed by atoms with van der Waals surface area (Å²) in [7, 11) is 0. The third-order valence-corrected chi connectivity index (χ3v) is 7.50. The fourth-order valence-corrected chi connectivity index (χ4v) is 5.62. The summed E-state index contributed by atoms with van der Waals surface area (Å²) in [6.45, 7) is 3.80. The number of rotatable bonds is 9. The lowest BCUT2D eigenvalue weighted by molar-refractivity contribution is -0.325. The number of hydrogen-bond acceptors (Lipinski definition) is 4. The molecule has 1 heterocycles. The van der Waals surface area contributed by atoms with Crippen LogP contribution in [0.25, 0.3) is 0 Å². The van der Waals surface area contributed by atoms with Crippen molar-refractivity contribution >= 4 is 5.91 Å². The van der Waals surface area contributed by atoms with Crippen LogP contribution < -0.4 is 5.32 Å². The largest absolute Gasteiger partial charge is 0.435 e. The second-order valence-corrected chi connectivity index (χ2v) is 10.6. The van der Waals surface area contributed by atoms with E-state index in [0.29, 0.717) is 24.0 Å². The lowest BCUT2D eigenvalue weighted by atomic mass is 9.77. The summed E-state index contributed by atoms with van der Waals surface area (Å²) in [6, 6.07) is 22.6. The molecule has 5 nitrogen and oxygen atoms in total. The predicted molar refractivity (Wildman–Crippen MR) is 143 cm³/mol. The molecular weight excluding hydrogens is 505 g/mol. The molecule has 1 aliphatic rings. The minimum Gasteiger partial charge on any atom is -0.378 e. The van der Waals surface area contributed by atoms with E-state index in [1.54, 1.807) is 54.6 Å². The fraction of sp³-hybridized carbons (Fsp3) is 0.387. The molecule has 1 saturated heterocycles. The molecule has 0 spiro atoms. The minimum atomic E-state index is -5.05. The zero-order valence-electron chi connectivity index (χ0n) is 22.1. The SMILES string of the molecule is CC(C)C[C@H](NC(=O)[C@@H]1CCCN1[C@](O)(c1ccccc1)C(F)(F)F)C(O)(c1ccccc1)c1ccccc1. The van der Waals surface area contributed by atoms with Crippen molar-refractivity contribution in [1.29, 1.82) is 0 Å². The molecule has 0 aromatic heterocycles. The van der Waals surface area contributed by atoms with Gasteiger partial charge in [0.15, 0.2) is 0 Å². The van der Waals surface area contributed by atoms with Crippen LogP contribution >= 0.6 is 0 Å². The molecule has 1 amide bonds. The van der Waals surface area contributed by atoms with Gasteiger partial charge < -0.3 is 15.5 Å². The number of carbonyl (C=O) groups excluding carboxylic acids is 1. The molecular formula is C31H35F3N2O3. The van der Waals surface area contributed by atoms with Crippen LogP contribution in [-0.2, 0) is 16.1 Å². The molecule has 3 atom stereocenters. The van der Waals surface area contributed by atoms with E-state index in [4.69, 9.17) is 0 Å². The highest BCUT2D eigenvalue weighted by molar-refractivity contribution is 5.82. The summed E-state index contributed by atoms with van der Waals surface area (Å²) in [5.74, 6) is -0.618. The van der Waals surface area contributed by atoms with Gasteiger partial charge in [-0.15, -0.1) is 0 Å². The maximum absolute atomic E-state index is 14.5. The number of aliphatic hydroxyl groups is 2. The number of alkyl halides is 3. The topological polar surface area (TPSA) is 72.8 Å². The molecule has 3 aromatic carbocycles. The molecule has 1 aliphatic heterocycles. The van der Waals surface area contributed by atoms with Crippen molar-refractivity contribution in [2.24, 2.45) is 5.92 Å². The highest BCUT2D eigenvalue weighted by Gasteiger charge is 2.62. The van der Waals surface area contributed by atoms with E-state index < -0.39 is 35.5 Å². The molecule has 8 heteroatoms. The number of nitrogens with zero attached hydrogens (tertiary/aromatic N) is 1. The Balaban J connectivity index is 1.73. The molecule has 0 aliphatic carbocycles. The van der Waals surface area contributed by atoms with E-state index in [-0.39, 0.29) is 24.4 Å². The Labute approximate surface area is 227 Å². The zero-order valence-corrected chi connectivity index (χ0v) is 22.1. The molecule has 39 heavy (non-hydrogen) atoms. The van der Waals surface area contributed by atoms with Crippen LogP contribution in [0.15, 0.2) is 91.0 Å². The lowest BCUT2D eigenvalue weighted by Crippen LogP contribution is -2.62. The molecule has 0 unspecified atom stereocenters. The molecule has 4 rings (SSSR count). The first-order valence-electron chi connectivity index (χ1n) is 13.2. The van der Waals surface area contributed by atoms with Crippen LogP contribution in [0.2, 0.25) is 0 Å². The summed E-state index contributed by atoms with van der Waals surface area (Å²) < 4.78 is 43.4. The summed E-state index contributed by atoms with van der Waals surface area (Å²) >= 11 is 0. The van der Waals surface area contributed by atoms with Crippen molar-refractivity contribution in [2.75, 3.05) is 6.54 Å². The highest BCUT2D eigenvalue weighted by Crippen LogP contribution is 2.45. The second kappa shape index (κ2) is 11.5. The third kappa shape index (κ3) is 5.60. The number of benzene rings is 3. The predicted octanol–water partition coefficient (Wildman–Crippen LogP) is 5.33. The lowest BCUT2D eigenvalue weighted by Gasteiger charge is -2.43. The third-order valence-electron chi connectivity index (χ3n) is 7.50. The van der Waals surface area contributed by atoms with Crippen LogP contribution in [0.5, 0.6) is 0 Å². The van der Waals surface area contributed by atoms with Crippen LogP contribution in [-0.4, -0.2) is 45.8 Å².